The van der Waals surface area contributed by atoms with E-state index in [9.17, 15) is 14.3 Å². The molecular weight excluding hydrogens is 323 g/mol. The lowest BCUT2D eigenvalue weighted by molar-refractivity contribution is 0.0935. The van der Waals surface area contributed by atoms with Crippen LogP contribution in [0.5, 0.6) is 0 Å². The summed E-state index contributed by atoms with van der Waals surface area (Å²) in [4.78, 5) is 14.5. The number of aliphatic hydroxyl groups excluding tert-OH is 1. The summed E-state index contributed by atoms with van der Waals surface area (Å²) in [6.45, 7) is 5.06. The Morgan fingerprint density at radius 1 is 1.40 bits per heavy atom. The summed E-state index contributed by atoms with van der Waals surface area (Å²) in [5.41, 5.74) is 2.72. The summed E-state index contributed by atoms with van der Waals surface area (Å²) in [7, 11) is 0. The number of halogens is 1. The van der Waals surface area contributed by atoms with Crippen LogP contribution in [0.4, 0.5) is 10.1 Å². The Kier molecular flexibility index (Phi) is 5.03. The summed E-state index contributed by atoms with van der Waals surface area (Å²) < 4.78 is 13.8. The normalized spacial score (nSPS) is 16.7. The van der Waals surface area contributed by atoms with E-state index in [0.717, 1.165) is 16.9 Å². The molecule has 3 N–H and O–H groups in total. The number of aliphatic hydroxyl groups is 1. The number of carbonyl (C=O) groups excluding carboxylic acids is 1. The van der Waals surface area contributed by atoms with Crippen LogP contribution in [0.3, 0.4) is 0 Å². The number of hydrogen-bond acceptors (Lipinski definition) is 4. The molecule has 1 aromatic carbocycles. The molecule has 1 amide bonds. The summed E-state index contributed by atoms with van der Waals surface area (Å²) in [5.74, 6) is -0.645. The fourth-order valence-corrected chi connectivity index (χ4v) is 3.15. The van der Waals surface area contributed by atoms with Crippen molar-refractivity contribution in [2.45, 2.75) is 38.8 Å². The van der Waals surface area contributed by atoms with Gasteiger partial charge in [-0.25, -0.2) is 4.39 Å². The lowest BCUT2D eigenvalue weighted by atomic mass is 10.0. The average Bonchev–Trinajstić information content (AvgIpc) is 3.02. The van der Waals surface area contributed by atoms with E-state index in [1.165, 1.54) is 12.1 Å². The number of anilines is 1. The molecule has 1 aliphatic heterocycles. The van der Waals surface area contributed by atoms with Crippen LogP contribution in [-0.2, 0) is 0 Å². The van der Waals surface area contributed by atoms with Crippen LogP contribution in [0.1, 0.15) is 47.6 Å². The molecule has 6 nitrogen and oxygen atoms in total. The Morgan fingerprint density at radius 3 is 2.76 bits per heavy atom. The number of aromatic amines is 1. The second-order valence-electron chi connectivity index (χ2n) is 6.55. The molecule has 1 saturated heterocycles. The standard InChI is InChI=1S/C18H23FN4O2/c1-11-9-16(22-21-11)18(25)20-12(2)15-10-13(19)3-4-17(15)23-7-5-14(24)6-8-23/h3-4,9-10,12,14,24H,5-8H2,1-2H3,(H,20,25)(H,21,22). The van der Waals surface area contributed by atoms with Crippen molar-refractivity contribution in [2.24, 2.45) is 0 Å². The number of aryl methyl sites for hydroxylation is 1. The van der Waals surface area contributed by atoms with Gasteiger partial charge >= 0.3 is 0 Å². The van der Waals surface area contributed by atoms with E-state index in [-0.39, 0.29) is 23.9 Å². The van der Waals surface area contributed by atoms with Crippen LogP contribution in [0.25, 0.3) is 0 Å². The number of aromatic nitrogens is 2. The predicted octanol–water partition coefficient (Wildman–Crippen LogP) is 2.31. The van der Waals surface area contributed by atoms with Gasteiger partial charge in [0.2, 0.25) is 0 Å². The van der Waals surface area contributed by atoms with Crippen LogP contribution in [0.2, 0.25) is 0 Å². The zero-order chi connectivity index (χ0) is 18.0. The van der Waals surface area contributed by atoms with Gasteiger partial charge in [-0.1, -0.05) is 0 Å². The smallest absolute Gasteiger partial charge is 0.272 e. The first-order valence-corrected chi connectivity index (χ1v) is 8.49. The zero-order valence-electron chi connectivity index (χ0n) is 14.4. The highest BCUT2D eigenvalue weighted by Gasteiger charge is 2.23. The quantitative estimate of drug-likeness (QED) is 0.793. The van der Waals surface area contributed by atoms with Crippen LogP contribution >= 0.6 is 0 Å². The van der Waals surface area contributed by atoms with Crippen molar-refractivity contribution in [2.75, 3.05) is 18.0 Å². The number of H-pyrrole nitrogens is 1. The predicted molar refractivity (Wildman–Crippen MR) is 93.1 cm³/mol. The van der Waals surface area contributed by atoms with Gasteiger partial charge in [0.25, 0.3) is 5.91 Å². The third kappa shape index (κ3) is 3.99. The van der Waals surface area contributed by atoms with Gasteiger partial charge in [0.1, 0.15) is 11.5 Å². The van der Waals surface area contributed by atoms with Crippen LogP contribution in [0, 0.1) is 12.7 Å². The van der Waals surface area contributed by atoms with E-state index in [1.807, 2.05) is 13.8 Å². The fourth-order valence-electron chi connectivity index (χ4n) is 3.15. The largest absolute Gasteiger partial charge is 0.393 e. The van der Waals surface area contributed by atoms with E-state index in [1.54, 1.807) is 12.1 Å². The minimum atomic E-state index is -0.373. The highest BCUT2D eigenvalue weighted by molar-refractivity contribution is 5.92. The van der Waals surface area contributed by atoms with Gasteiger partial charge < -0.3 is 15.3 Å². The SMILES string of the molecule is Cc1cc(C(=O)NC(C)c2cc(F)ccc2N2CCC(O)CC2)n[nH]1. The Hall–Kier alpha value is -2.41. The highest BCUT2D eigenvalue weighted by atomic mass is 19.1. The third-order valence-corrected chi connectivity index (χ3v) is 4.55. The molecule has 0 aliphatic carbocycles. The Bertz CT molecular complexity index is 753. The number of benzene rings is 1. The van der Waals surface area contributed by atoms with Crippen LogP contribution in [0.15, 0.2) is 24.3 Å². The summed E-state index contributed by atoms with van der Waals surface area (Å²) in [6, 6.07) is 5.92. The molecule has 25 heavy (non-hydrogen) atoms. The van der Waals surface area contributed by atoms with E-state index >= 15 is 0 Å². The van der Waals surface area contributed by atoms with Crippen molar-refractivity contribution >= 4 is 11.6 Å². The van der Waals surface area contributed by atoms with Crippen LogP contribution in [-0.4, -0.2) is 40.4 Å². The molecule has 3 rings (SSSR count). The van der Waals surface area contributed by atoms with Crippen LogP contribution < -0.4 is 10.2 Å². The second kappa shape index (κ2) is 7.23. The van der Waals surface area contributed by atoms with Gasteiger partial charge in [0.15, 0.2) is 0 Å². The Labute approximate surface area is 146 Å². The lowest BCUT2D eigenvalue weighted by Gasteiger charge is -2.34. The number of piperidine rings is 1. The molecule has 134 valence electrons. The van der Waals surface area contributed by atoms with Gasteiger partial charge in [-0.3, -0.25) is 9.89 Å². The molecule has 1 aromatic heterocycles. The molecule has 1 unspecified atom stereocenters. The topological polar surface area (TPSA) is 81.2 Å². The maximum Gasteiger partial charge on any atom is 0.272 e. The van der Waals surface area contributed by atoms with E-state index in [2.05, 4.69) is 20.4 Å². The van der Waals surface area contributed by atoms with Crippen molar-refractivity contribution in [1.82, 2.24) is 15.5 Å². The third-order valence-electron chi connectivity index (χ3n) is 4.55. The molecule has 2 aromatic rings. The summed E-state index contributed by atoms with van der Waals surface area (Å²) >= 11 is 0. The van der Waals surface area contributed by atoms with Crippen molar-refractivity contribution in [1.29, 1.82) is 0 Å². The molecule has 0 bridgehead atoms. The van der Waals surface area contributed by atoms with Gasteiger partial charge in [0.05, 0.1) is 12.1 Å². The number of hydrogen-bond donors (Lipinski definition) is 3. The molecule has 2 heterocycles. The first-order chi connectivity index (χ1) is 11.9. The minimum Gasteiger partial charge on any atom is -0.393 e. The first kappa shape index (κ1) is 17.4. The Morgan fingerprint density at radius 2 is 2.12 bits per heavy atom. The number of nitrogens with one attached hydrogen (secondary N) is 2. The first-order valence-electron chi connectivity index (χ1n) is 8.49. The summed E-state index contributed by atoms with van der Waals surface area (Å²) in [5, 5.41) is 19.3. The zero-order valence-corrected chi connectivity index (χ0v) is 14.4. The van der Waals surface area contributed by atoms with Crippen molar-refractivity contribution in [3.8, 4) is 0 Å². The summed E-state index contributed by atoms with van der Waals surface area (Å²) in [6.07, 6.45) is 1.09. The maximum atomic E-state index is 13.8. The highest BCUT2D eigenvalue weighted by Crippen LogP contribution is 2.29. The molecule has 7 heteroatoms. The monoisotopic (exact) mass is 346 g/mol. The lowest BCUT2D eigenvalue weighted by Crippen LogP contribution is -2.37. The Balaban J connectivity index is 1.80. The van der Waals surface area contributed by atoms with Crippen molar-refractivity contribution < 1.29 is 14.3 Å². The van der Waals surface area contributed by atoms with E-state index < -0.39 is 0 Å². The molecule has 0 radical (unpaired) electrons. The molecule has 1 atom stereocenters. The minimum absolute atomic E-state index is 0.278. The molecule has 0 spiro atoms. The molecule has 1 fully saturated rings. The molecule has 1 aliphatic rings. The molecule has 0 saturated carbocycles. The molecular formula is C18H23FN4O2. The number of rotatable bonds is 4. The number of carbonyl (C=O) groups is 1. The average molecular weight is 346 g/mol. The second-order valence-corrected chi connectivity index (χ2v) is 6.55. The van der Waals surface area contributed by atoms with Gasteiger partial charge in [-0.15, -0.1) is 0 Å². The van der Waals surface area contributed by atoms with Crippen molar-refractivity contribution in [3.05, 3.63) is 47.0 Å². The van der Waals surface area contributed by atoms with E-state index in [0.29, 0.717) is 31.6 Å². The van der Waals surface area contributed by atoms with Gasteiger partial charge in [-0.2, -0.15) is 5.10 Å². The maximum absolute atomic E-state index is 13.8. The van der Waals surface area contributed by atoms with Gasteiger partial charge in [0, 0.05) is 30.0 Å². The van der Waals surface area contributed by atoms with Gasteiger partial charge in [-0.05, 0) is 51.0 Å². The number of amides is 1. The van der Waals surface area contributed by atoms with Crippen molar-refractivity contribution in [3.63, 3.8) is 0 Å². The fraction of sp³-hybridized carbons (Fsp3) is 0.444. The number of nitrogens with zero attached hydrogens (tertiary/aromatic N) is 2. The van der Waals surface area contributed by atoms with E-state index in [4.69, 9.17) is 0 Å².